The van der Waals surface area contributed by atoms with E-state index in [0.29, 0.717) is 24.6 Å². The number of hydrogen-bond donors (Lipinski definition) is 1. The maximum Gasteiger partial charge on any atom is 0.206 e. The molecule has 5 nitrogen and oxygen atoms in total. The van der Waals surface area contributed by atoms with Gasteiger partial charge in [0.05, 0.1) is 18.3 Å². The molecule has 0 amide bonds. The van der Waals surface area contributed by atoms with Gasteiger partial charge >= 0.3 is 0 Å². The van der Waals surface area contributed by atoms with Gasteiger partial charge in [-0.2, -0.15) is 0 Å². The van der Waals surface area contributed by atoms with E-state index in [1.807, 2.05) is 6.92 Å². The number of hydrogen-bond acceptors (Lipinski definition) is 4. The third-order valence-electron chi connectivity index (χ3n) is 4.28. The van der Waals surface area contributed by atoms with Crippen molar-refractivity contribution < 1.29 is 4.74 Å². The minimum Gasteiger partial charge on any atom is -0.383 e. The van der Waals surface area contributed by atoms with Crippen molar-refractivity contribution in [1.29, 1.82) is 0 Å². The highest BCUT2D eigenvalue weighted by molar-refractivity contribution is 5.34. The topological polar surface area (TPSA) is 56.3 Å². The molecule has 1 aromatic heterocycles. The molecule has 1 aromatic rings. The minimum absolute atomic E-state index is 0.297. The van der Waals surface area contributed by atoms with Gasteiger partial charge < -0.3 is 19.9 Å². The van der Waals surface area contributed by atoms with Gasteiger partial charge in [-0.25, -0.2) is 4.98 Å². The van der Waals surface area contributed by atoms with Gasteiger partial charge in [0, 0.05) is 32.4 Å². The lowest BCUT2D eigenvalue weighted by atomic mass is 9.91. The third kappa shape index (κ3) is 3.33. The molecule has 114 valence electrons. The first-order valence-electron chi connectivity index (χ1n) is 7.57. The van der Waals surface area contributed by atoms with Crippen LogP contribution in [0.1, 0.15) is 38.4 Å². The number of aromatic nitrogens is 2. The molecule has 0 radical (unpaired) electrons. The smallest absolute Gasteiger partial charge is 0.206 e. The molecule has 2 unspecified atom stereocenters. The number of methoxy groups -OCH3 is 1. The van der Waals surface area contributed by atoms with Crippen LogP contribution in [-0.4, -0.2) is 42.4 Å². The Morgan fingerprint density at radius 1 is 1.40 bits per heavy atom. The van der Waals surface area contributed by atoms with E-state index in [4.69, 9.17) is 15.5 Å². The van der Waals surface area contributed by atoms with Gasteiger partial charge in [0.15, 0.2) is 0 Å². The summed E-state index contributed by atoms with van der Waals surface area (Å²) < 4.78 is 7.52. The zero-order valence-electron chi connectivity index (χ0n) is 13.2. The number of nitrogens with two attached hydrogens (primary N) is 1. The predicted molar refractivity (Wildman–Crippen MR) is 82.1 cm³/mol. The van der Waals surface area contributed by atoms with Gasteiger partial charge in [-0.3, -0.25) is 0 Å². The van der Waals surface area contributed by atoms with E-state index in [1.54, 1.807) is 7.11 Å². The summed E-state index contributed by atoms with van der Waals surface area (Å²) in [5, 5.41) is 0. The molecule has 2 heterocycles. The van der Waals surface area contributed by atoms with Crippen LogP contribution in [0.3, 0.4) is 0 Å². The molecule has 0 aromatic carbocycles. The molecule has 0 bridgehead atoms. The second-order valence-electron chi connectivity index (χ2n) is 6.08. The molecule has 1 saturated heterocycles. The summed E-state index contributed by atoms with van der Waals surface area (Å²) in [4.78, 5) is 7.10. The van der Waals surface area contributed by atoms with Crippen LogP contribution in [0.4, 0.5) is 5.95 Å². The predicted octanol–water partition coefficient (Wildman–Crippen LogP) is 1.96. The van der Waals surface area contributed by atoms with E-state index in [9.17, 15) is 0 Å². The first kappa shape index (κ1) is 15.3. The SMILES string of the molecule is COCC(C)n1cc(C)nc1N1CCC(C(C)N)CC1. The Bertz CT molecular complexity index is 422. The summed E-state index contributed by atoms with van der Waals surface area (Å²) in [6.45, 7) is 9.13. The number of imidazole rings is 1. The molecular formula is C15H28N4O. The van der Waals surface area contributed by atoms with Crippen LogP contribution in [0.2, 0.25) is 0 Å². The van der Waals surface area contributed by atoms with Crippen molar-refractivity contribution in [3.05, 3.63) is 11.9 Å². The fourth-order valence-corrected chi connectivity index (χ4v) is 3.01. The molecular weight excluding hydrogens is 252 g/mol. The number of ether oxygens (including phenoxy) is 1. The number of rotatable bonds is 5. The van der Waals surface area contributed by atoms with E-state index in [2.05, 4.69) is 29.5 Å². The number of piperidine rings is 1. The summed E-state index contributed by atoms with van der Waals surface area (Å²) in [5.74, 6) is 1.72. The first-order valence-corrected chi connectivity index (χ1v) is 7.57. The van der Waals surface area contributed by atoms with Gasteiger partial charge in [0.2, 0.25) is 5.95 Å². The van der Waals surface area contributed by atoms with Gasteiger partial charge in [0.1, 0.15) is 0 Å². The Kier molecular flexibility index (Phi) is 5.05. The van der Waals surface area contributed by atoms with Crippen molar-refractivity contribution >= 4 is 5.95 Å². The fourth-order valence-electron chi connectivity index (χ4n) is 3.01. The van der Waals surface area contributed by atoms with Gasteiger partial charge in [-0.15, -0.1) is 0 Å². The largest absolute Gasteiger partial charge is 0.383 e. The molecule has 1 aliphatic heterocycles. The van der Waals surface area contributed by atoms with E-state index in [-0.39, 0.29) is 0 Å². The molecule has 0 aliphatic carbocycles. The first-order chi connectivity index (χ1) is 9.52. The number of nitrogens with zero attached hydrogens (tertiary/aromatic N) is 3. The van der Waals surface area contributed by atoms with E-state index >= 15 is 0 Å². The second-order valence-corrected chi connectivity index (χ2v) is 6.08. The van der Waals surface area contributed by atoms with Crippen molar-refractivity contribution in [3.63, 3.8) is 0 Å². The average molecular weight is 280 g/mol. The van der Waals surface area contributed by atoms with Crippen LogP contribution in [0.5, 0.6) is 0 Å². The van der Waals surface area contributed by atoms with Crippen molar-refractivity contribution in [2.75, 3.05) is 31.7 Å². The lowest BCUT2D eigenvalue weighted by molar-refractivity contribution is 0.162. The Hall–Kier alpha value is -1.07. The van der Waals surface area contributed by atoms with Crippen LogP contribution in [0.15, 0.2) is 6.20 Å². The molecule has 20 heavy (non-hydrogen) atoms. The maximum atomic E-state index is 6.02. The lowest BCUT2D eigenvalue weighted by Crippen LogP contribution is -2.41. The van der Waals surface area contributed by atoms with Crippen LogP contribution in [0.25, 0.3) is 0 Å². The molecule has 1 aliphatic rings. The van der Waals surface area contributed by atoms with Gasteiger partial charge in [-0.05, 0) is 39.5 Å². The molecule has 2 rings (SSSR count). The van der Waals surface area contributed by atoms with Crippen molar-refractivity contribution in [3.8, 4) is 0 Å². The third-order valence-corrected chi connectivity index (χ3v) is 4.28. The number of aryl methyl sites for hydroxylation is 1. The zero-order chi connectivity index (χ0) is 14.7. The lowest BCUT2D eigenvalue weighted by Gasteiger charge is -2.35. The molecule has 2 atom stereocenters. The van der Waals surface area contributed by atoms with Crippen LogP contribution in [-0.2, 0) is 4.74 Å². The summed E-state index contributed by atoms with van der Waals surface area (Å²) in [7, 11) is 1.74. The molecule has 5 heteroatoms. The van der Waals surface area contributed by atoms with Crippen molar-refractivity contribution in [2.24, 2.45) is 11.7 Å². The van der Waals surface area contributed by atoms with Gasteiger partial charge in [0.25, 0.3) is 0 Å². The molecule has 2 N–H and O–H groups in total. The standard InChI is InChI=1S/C15H28N4O/c1-11-9-19(12(2)10-20-4)15(17-11)18-7-5-14(6-8-18)13(3)16/h9,12-14H,5-8,10,16H2,1-4H3. The van der Waals surface area contributed by atoms with E-state index in [1.165, 1.54) is 0 Å². The quantitative estimate of drug-likeness (QED) is 0.896. The summed E-state index contributed by atoms with van der Waals surface area (Å²) in [6, 6.07) is 0.605. The monoisotopic (exact) mass is 280 g/mol. The highest BCUT2D eigenvalue weighted by Gasteiger charge is 2.25. The highest BCUT2D eigenvalue weighted by Crippen LogP contribution is 2.26. The van der Waals surface area contributed by atoms with Gasteiger partial charge in [-0.1, -0.05) is 0 Å². The summed E-state index contributed by atoms with van der Waals surface area (Å²) in [6.07, 6.45) is 4.43. The van der Waals surface area contributed by atoms with Crippen LogP contribution >= 0.6 is 0 Å². The Labute approximate surface area is 122 Å². The Morgan fingerprint density at radius 2 is 2.05 bits per heavy atom. The Morgan fingerprint density at radius 3 is 2.60 bits per heavy atom. The average Bonchev–Trinajstić information content (AvgIpc) is 2.81. The van der Waals surface area contributed by atoms with Crippen LogP contribution in [0, 0.1) is 12.8 Å². The normalized spacial score (nSPS) is 20.1. The fraction of sp³-hybridized carbons (Fsp3) is 0.800. The highest BCUT2D eigenvalue weighted by atomic mass is 16.5. The Balaban J connectivity index is 2.09. The zero-order valence-corrected chi connectivity index (χ0v) is 13.2. The second kappa shape index (κ2) is 6.59. The van der Waals surface area contributed by atoms with Crippen molar-refractivity contribution in [2.45, 2.75) is 45.7 Å². The van der Waals surface area contributed by atoms with E-state index in [0.717, 1.165) is 37.6 Å². The molecule has 0 saturated carbocycles. The summed E-state index contributed by atoms with van der Waals surface area (Å²) >= 11 is 0. The van der Waals surface area contributed by atoms with Crippen molar-refractivity contribution in [1.82, 2.24) is 9.55 Å². The van der Waals surface area contributed by atoms with E-state index < -0.39 is 0 Å². The number of anilines is 1. The molecule has 0 spiro atoms. The summed E-state index contributed by atoms with van der Waals surface area (Å²) in [5.41, 5.74) is 7.08. The molecule has 1 fully saturated rings. The van der Waals surface area contributed by atoms with Crippen LogP contribution < -0.4 is 10.6 Å². The minimum atomic E-state index is 0.297. The maximum absolute atomic E-state index is 6.02.